The van der Waals surface area contributed by atoms with Gasteiger partial charge in [-0.15, -0.1) is 11.8 Å². The molecule has 0 amide bonds. The molecule has 0 bridgehead atoms. The number of hydrogen-bond acceptors (Lipinski definition) is 4. The van der Waals surface area contributed by atoms with Crippen molar-refractivity contribution >= 4 is 22.8 Å². The molecule has 0 radical (unpaired) electrons. The summed E-state index contributed by atoms with van der Waals surface area (Å²) in [7, 11) is 1.44. The molecule has 0 fully saturated rings. The van der Waals surface area contributed by atoms with Gasteiger partial charge in [0, 0.05) is 17.5 Å². The number of aromatic nitrogens is 4. The summed E-state index contributed by atoms with van der Waals surface area (Å²) in [6.07, 6.45) is -13.4. The van der Waals surface area contributed by atoms with Gasteiger partial charge in [-0.25, -0.2) is 15.0 Å². The largest absolute Gasteiger partial charge is 0.433 e. The highest BCUT2D eigenvalue weighted by Gasteiger charge is 2.37. The van der Waals surface area contributed by atoms with Crippen LogP contribution >= 0.6 is 11.8 Å². The van der Waals surface area contributed by atoms with Crippen LogP contribution in [0, 0.1) is 0 Å². The Bertz CT molecular complexity index is 1450. The molecular weight excluding hydrogens is 535 g/mol. The summed E-state index contributed by atoms with van der Waals surface area (Å²) in [4.78, 5) is 11.8. The van der Waals surface area contributed by atoms with Crippen LogP contribution in [0.4, 0.5) is 39.5 Å². The Morgan fingerprint density at radius 1 is 0.811 bits per heavy atom. The van der Waals surface area contributed by atoms with E-state index in [2.05, 4.69) is 15.0 Å². The molecule has 0 aliphatic heterocycles. The van der Waals surface area contributed by atoms with Crippen molar-refractivity contribution in [3.05, 3.63) is 59.4 Å². The fourth-order valence-electron chi connectivity index (χ4n) is 3.63. The molecule has 0 aliphatic carbocycles. The van der Waals surface area contributed by atoms with Gasteiger partial charge in [0.25, 0.3) is 0 Å². The van der Waals surface area contributed by atoms with Gasteiger partial charge in [0.15, 0.2) is 5.82 Å². The monoisotopic (exact) mass is 550 g/mol. The molecule has 0 atom stereocenters. The summed E-state index contributed by atoms with van der Waals surface area (Å²) in [5.41, 5.74) is -4.29. The fraction of sp³-hybridized carbons (Fsp3) is 0.261. The Morgan fingerprint density at radius 2 is 1.46 bits per heavy atom. The molecule has 0 N–H and O–H groups in total. The Labute approximate surface area is 207 Å². The third-order valence-corrected chi connectivity index (χ3v) is 6.26. The molecular formula is C23H15F9N4S. The van der Waals surface area contributed by atoms with Crippen LogP contribution in [0.3, 0.4) is 0 Å². The predicted molar refractivity (Wildman–Crippen MR) is 119 cm³/mol. The van der Waals surface area contributed by atoms with E-state index in [0.29, 0.717) is 24.0 Å². The number of alkyl halides is 9. The second-order valence-corrected chi connectivity index (χ2v) is 9.09. The molecule has 37 heavy (non-hydrogen) atoms. The van der Waals surface area contributed by atoms with Gasteiger partial charge in [0.1, 0.15) is 11.4 Å². The molecule has 3 aromatic heterocycles. The maximum absolute atomic E-state index is 14.0. The normalized spacial score (nSPS) is 12.9. The second-order valence-electron chi connectivity index (χ2n) is 7.79. The molecule has 14 heteroatoms. The van der Waals surface area contributed by atoms with Gasteiger partial charge in [-0.1, -0.05) is 19.1 Å². The van der Waals surface area contributed by atoms with E-state index in [1.54, 1.807) is 6.92 Å². The zero-order valence-corrected chi connectivity index (χ0v) is 19.7. The van der Waals surface area contributed by atoms with Crippen LogP contribution in [0.15, 0.2) is 47.5 Å². The van der Waals surface area contributed by atoms with Crippen LogP contribution in [0.25, 0.3) is 33.8 Å². The third kappa shape index (κ3) is 5.24. The maximum Gasteiger partial charge on any atom is 0.433 e. The highest BCUT2D eigenvalue weighted by molar-refractivity contribution is 7.99. The minimum atomic E-state index is -4.90. The lowest BCUT2D eigenvalue weighted by molar-refractivity contribution is -0.141. The molecule has 4 aromatic rings. The lowest BCUT2D eigenvalue weighted by Crippen LogP contribution is -2.11. The lowest BCUT2D eigenvalue weighted by Gasteiger charge is -2.17. The van der Waals surface area contributed by atoms with Crippen LogP contribution in [0.2, 0.25) is 0 Å². The summed E-state index contributed by atoms with van der Waals surface area (Å²) < 4.78 is 122. The number of benzene rings is 1. The number of thioether (sulfide) groups is 1. The first-order chi connectivity index (χ1) is 17.1. The first-order valence-electron chi connectivity index (χ1n) is 10.4. The van der Waals surface area contributed by atoms with Gasteiger partial charge in [-0.3, -0.25) is 0 Å². The maximum atomic E-state index is 14.0. The van der Waals surface area contributed by atoms with Gasteiger partial charge in [0.05, 0.1) is 34.1 Å². The Hall–Kier alpha value is -3.29. The van der Waals surface area contributed by atoms with Crippen LogP contribution in [-0.4, -0.2) is 25.3 Å². The summed E-state index contributed by atoms with van der Waals surface area (Å²) in [6.45, 7) is 1.68. The Morgan fingerprint density at radius 3 is 2.00 bits per heavy atom. The molecule has 4 rings (SSSR count). The minimum Gasteiger partial charge on any atom is -0.325 e. The molecule has 0 aliphatic rings. The third-order valence-electron chi connectivity index (χ3n) is 5.35. The fourth-order valence-corrected chi connectivity index (χ4v) is 4.42. The molecule has 196 valence electrons. The SMILES string of the molecule is CCSc1cc(C(F)(F)F)c(-c2ccc(C(F)(F)F)cc2)nc1-c1nc2cc(C(F)(F)F)ncc2n1C. The highest BCUT2D eigenvalue weighted by Crippen LogP contribution is 2.42. The smallest absolute Gasteiger partial charge is 0.325 e. The second kappa shape index (κ2) is 9.23. The standard InChI is InChI=1S/C23H15F9N4S/c1-3-37-16-8-13(22(27,28)29)18(11-4-6-12(7-5-11)21(24,25)26)35-19(16)20-34-14-9-17(23(30,31)32)33-10-15(14)36(20)2/h4-10H,3H2,1-2H3. The predicted octanol–water partition coefficient (Wildman–Crippen LogP) is 7.87. The summed E-state index contributed by atoms with van der Waals surface area (Å²) in [5.74, 6) is 0.295. The van der Waals surface area contributed by atoms with Gasteiger partial charge < -0.3 is 4.57 Å². The number of fused-ring (bicyclic) bond motifs is 1. The van der Waals surface area contributed by atoms with Crippen LogP contribution < -0.4 is 0 Å². The van der Waals surface area contributed by atoms with Crippen molar-refractivity contribution in [1.29, 1.82) is 0 Å². The first-order valence-corrected chi connectivity index (χ1v) is 11.4. The molecule has 3 heterocycles. The highest BCUT2D eigenvalue weighted by atomic mass is 32.2. The molecule has 1 aromatic carbocycles. The van der Waals surface area contributed by atoms with Crippen molar-refractivity contribution in [1.82, 2.24) is 19.5 Å². The zero-order chi connectivity index (χ0) is 27.3. The van der Waals surface area contributed by atoms with Crippen molar-refractivity contribution in [3.8, 4) is 22.8 Å². The van der Waals surface area contributed by atoms with E-state index in [4.69, 9.17) is 0 Å². The molecule has 0 spiro atoms. The Kier molecular flexibility index (Phi) is 6.67. The lowest BCUT2D eigenvalue weighted by atomic mass is 10.0. The van der Waals surface area contributed by atoms with E-state index in [9.17, 15) is 39.5 Å². The average Bonchev–Trinajstić information content (AvgIpc) is 3.13. The summed E-state index contributed by atoms with van der Waals surface area (Å²) in [5, 5.41) is 0. The molecule has 0 unspecified atom stereocenters. The van der Waals surface area contributed by atoms with Crippen LogP contribution in [0.1, 0.15) is 23.7 Å². The molecule has 0 saturated carbocycles. The van der Waals surface area contributed by atoms with Crippen molar-refractivity contribution < 1.29 is 39.5 Å². The van der Waals surface area contributed by atoms with Crippen LogP contribution in [-0.2, 0) is 25.6 Å². The van der Waals surface area contributed by atoms with Gasteiger partial charge in [-0.2, -0.15) is 39.5 Å². The topological polar surface area (TPSA) is 43.6 Å². The number of pyridine rings is 2. The van der Waals surface area contributed by atoms with E-state index in [0.717, 1.165) is 36.2 Å². The number of rotatable bonds is 4. The summed E-state index contributed by atoms with van der Waals surface area (Å²) >= 11 is 1.00. The van der Waals surface area contributed by atoms with Crippen molar-refractivity contribution in [2.75, 3.05) is 5.75 Å². The minimum absolute atomic E-state index is 0.0334. The molecule has 4 nitrogen and oxygen atoms in total. The number of halogens is 9. The number of hydrogen-bond donors (Lipinski definition) is 0. The zero-order valence-electron chi connectivity index (χ0n) is 18.8. The van der Waals surface area contributed by atoms with Crippen molar-refractivity contribution in [3.63, 3.8) is 0 Å². The van der Waals surface area contributed by atoms with E-state index >= 15 is 0 Å². The molecule has 0 saturated heterocycles. The average molecular weight is 550 g/mol. The van der Waals surface area contributed by atoms with Gasteiger partial charge >= 0.3 is 18.5 Å². The number of aryl methyl sites for hydroxylation is 1. The van der Waals surface area contributed by atoms with Gasteiger partial charge in [-0.05, 0) is 30.0 Å². The quantitative estimate of drug-likeness (QED) is 0.192. The number of nitrogens with zero attached hydrogens (tertiary/aromatic N) is 4. The first kappa shape index (κ1) is 26.8. The Balaban J connectivity index is 1.98. The van der Waals surface area contributed by atoms with E-state index < -0.39 is 41.0 Å². The van der Waals surface area contributed by atoms with Crippen LogP contribution in [0.5, 0.6) is 0 Å². The van der Waals surface area contributed by atoms with E-state index in [1.165, 1.54) is 11.6 Å². The van der Waals surface area contributed by atoms with E-state index in [-0.39, 0.29) is 33.0 Å². The van der Waals surface area contributed by atoms with Crippen molar-refractivity contribution in [2.24, 2.45) is 7.05 Å². The van der Waals surface area contributed by atoms with Crippen molar-refractivity contribution in [2.45, 2.75) is 30.3 Å². The number of imidazole rings is 1. The van der Waals surface area contributed by atoms with Gasteiger partial charge in [0.2, 0.25) is 0 Å². The van der Waals surface area contributed by atoms with E-state index in [1.807, 2.05) is 0 Å². The summed E-state index contributed by atoms with van der Waals surface area (Å²) in [6, 6.07) is 4.58.